The topological polar surface area (TPSA) is 67.6 Å². The maximum Gasteiger partial charge on any atom is 0.227 e. The number of amides is 1. The average Bonchev–Trinajstić information content (AvgIpc) is 2.94. The molecule has 5 nitrogen and oxygen atoms in total. The molecular weight excluding hydrogens is 285 g/mol. The molecule has 0 spiro atoms. The summed E-state index contributed by atoms with van der Waals surface area (Å²) in [6, 6.07) is 4.77. The van der Waals surface area contributed by atoms with Gasteiger partial charge in [0, 0.05) is 36.4 Å². The lowest BCUT2D eigenvalue weighted by atomic mass is 10.1. The molecule has 0 bridgehead atoms. The van der Waals surface area contributed by atoms with Crippen molar-refractivity contribution in [3.05, 3.63) is 24.0 Å². The Morgan fingerprint density at radius 3 is 2.73 bits per heavy atom. The van der Waals surface area contributed by atoms with E-state index in [1.54, 1.807) is 0 Å². The largest absolute Gasteiger partial charge is 0.378 e. The number of hydrogen-bond acceptors (Lipinski definition) is 4. The van der Waals surface area contributed by atoms with E-state index in [2.05, 4.69) is 10.2 Å². The number of nitrogens with zero attached hydrogens (tertiary/aromatic N) is 1. The van der Waals surface area contributed by atoms with Crippen molar-refractivity contribution in [2.45, 2.75) is 25.3 Å². The summed E-state index contributed by atoms with van der Waals surface area (Å²) in [5.74, 6) is -0.473. The molecule has 1 saturated carbocycles. The van der Waals surface area contributed by atoms with Crippen molar-refractivity contribution in [3.63, 3.8) is 0 Å². The van der Waals surface area contributed by atoms with Gasteiger partial charge in [-0.3, -0.25) is 4.79 Å². The lowest BCUT2D eigenvalue weighted by Crippen LogP contribution is -2.36. The van der Waals surface area contributed by atoms with E-state index in [4.69, 9.17) is 10.5 Å². The number of morpholine rings is 1. The van der Waals surface area contributed by atoms with E-state index in [1.807, 2.05) is 6.07 Å². The minimum atomic E-state index is -0.345. The van der Waals surface area contributed by atoms with Crippen LogP contribution in [0.5, 0.6) is 0 Å². The second-order valence-corrected chi connectivity index (χ2v) is 6.06. The van der Waals surface area contributed by atoms with E-state index in [0.717, 1.165) is 31.6 Å². The number of anilines is 2. The first-order valence-electron chi connectivity index (χ1n) is 7.81. The van der Waals surface area contributed by atoms with E-state index in [0.29, 0.717) is 25.3 Å². The van der Waals surface area contributed by atoms with Gasteiger partial charge in [0.2, 0.25) is 5.91 Å². The summed E-state index contributed by atoms with van der Waals surface area (Å²) in [5, 5.41) is 2.83. The van der Waals surface area contributed by atoms with E-state index < -0.39 is 0 Å². The smallest absolute Gasteiger partial charge is 0.227 e. The Morgan fingerprint density at radius 1 is 1.27 bits per heavy atom. The highest BCUT2D eigenvalue weighted by atomic mass is 19.1. The number of rotatable bonds is 3. The Kier molecular flexibility index (Phi) is 4.59. The van der Waals surface area contributed by atoms with Gasteiger partial charge in [-0.05, 0) is 37.5 Å². The molecule has 120 valence electrons. The molecule has 3 rings (SSSR count). The fourth-order valence-electron chi connectivity index (χ4n) is 3.15. The van der Waals surface area contributed by atoms with Crippen molar-refractivity contribution in [2.75, 3.05) is 36.5 Å². The summed E-state index contributed by atoms with van der Waals surface area (Å²) in [4.78, 5) is 14.3. The Morgan fingerprint density at radius 2 is 2.05 bits per heavy atom. The maximum absolute atomic E-state index is 13.8. The molecule has 2 unspecified atom stereocenters. The summed E-state index contributed by atoms with van der Waals surface area (Å²) in [5.41, 5.74) is 7.13. The highest BCUT2D eigenvalue weighted by Gasteiger charge is 2.28. The minimum Gasteiger partial charge on any atom is -0.378 e. The van der Waals surface area contributed by atoms with Crippen LogP contribution >= 0.6 is 0 Å². The molecular formula is C16H22FN3O2. The van der Waals surface area contributed by atoms with Crippen LogP contribution in [0.4, 0.5) is 15.8 Å². The highest BCUT2D eigenvalue weighted by molar-refractivity contribution is 5.93. The van der Waals surface area contributed by atoms with Gasteiger partial charge in [-0.15, -0.1) is 0 Å². The van der Waals surface area contributed by atoms with Crippen LogP contribution in [0.25, 0.3) is 0 Å². The normalized spacial score (nSPS) is 25.3. The van der Waals surface area contributed by atoms with Crippen LogP contribution < -0.4 is 16.0 Å². The quantitative estimate of drug-likeness (QED) is 0.892. The van der Waals surface area contributed by atoms with Crippen molar-refractivity contribution in [1.29, 1.82) is 0 Å². The molecule has 0 radical (unpaired) electrons. The fraction of sp³-hybridized carbons (Fsp3) is 0.562. The van der Waals surface area contributed by atoms with Crippen LogP contribution in [0, 0.1) is 11.7 Å². The van der Waals surface area contributed by atoms with E-state index >= 15 is 0 Å². The van der Waals surface area contributed by atoms with Gasteiger partial charge in [-0.1, -0.05) is 0 Å². The van der Waals surface area contributed by atoms with E-state index in [1.165, 1.54) is 12.1 Å². The lowest BCUT2D eigenvalue weighted by molar-refractivity contribution is -0.119. The molecule has 3 N–H and O–H groups in total. The summed E-state index contributed by atoms with van der Waals surface area (Å²) in [6.45, 7) is 2.74. The van der Waals surface area contributed by atoms with Gasteiger partial charge in [0.15, 0.2) is 0 Å². The molecule has 2 fully saturated rings. The Labute approximate surface area is 129 Å². The minimum absolute atomic E-state index is 0.0634. The van der Waals surface area contributed by atoms with Gasteiger partial charge < -0.3 is 20.7 Å². The molecule has 2 aliphatic rings. The third kappa shape index (κ3) is 3.56. The van der Waals surface area contributed by atoms with Gasteiger partial charge in [-0.25, -0.2) is 4.39 Å². The lowest BCUT2D eigenvalue weighted by Gasteiger charge is -2.29. The Hall–Kier alpha value is -1.66. The second kappa shape index (κ2) is 6.62. The zero-order valence-corrected chi connectivity index (χ0v) is 12.6. The number of carbonyl (C=O) groups excluding carboxylic acids is 1. The predicted molar refractivity (Wildman–Crippen MR) is 83.4 cm³/mol. The summed E-state index contributed by atoms with van der Waals surface area (Å²) >= 11 is 0. The molecule has 6 heteroatoms. The van der Waals surface area contributed by atoms with E-state index in [-0.39, 0.29) is 23.7 Å². The Balaban J connectivity index is 1.70. The first kappa shape index (κ1) is 15.2. The molecule has 1 saturated heterocycles. The summed E-state index contributed by atoms with van der Waals surface area (Å²) < 4.78 is 19.1. The standard InChI is InChI=1S/C16H22FN3O2/c17-12-8-14(19-16(21)11-1-2-13(18)7-11)10-15(9-12)20-3-5-22-6-4-20/h8-11,13H,1-7,18H2,(H,19,21). The molecule has 22 heavy (non-hydrogen) atoms. The van der Waals surface area contributed by atoms with Gasteiger partial charge in [-0.2, -0.15) is 0 Å². The van der Waals surface area contributed by atoms with Crippen molar-refractivity contribution in [2.24, 2.45) is 11.7 Å². The van der Waals surface area contributed by atoms with Crippen molar-refractivity contribution < 1.29 is 13.9 Å². The van der Waals surface area contributed by atoms with Crippen LogP contribution in [-0.4, -0.2) is 38.3 Å². The number of benzene rings is 1. The van der Waals surface area contributed by atoms with Crippen molar-refractivity contribution in [3.8, 4) is 0 Å². The third-order valence-corrected chi connectivity index (χ3v) is 4.37. The second-order valence-electron chi connectivity index (χ2n) is 6.06. The molecule has 1 aliphatic heterocycles. The highest BCUT2D eigenvalue weighted by Crippen LogP contribution is 2.27. The number of nitrogens with two attached hydrogens (primary N) is 1. The number of nitrogens with one attached hydrogen (secondary N) is 1. The van der Waals surface area contributed by atoms with Crippen LogP contribution in [-0.2, 0) is 9.53 Å². The first-order chi connectivity index (χ1) is 10.6. The molecule has 0 aromatic heterocycles. The first-order valence-corrected chi connectivity index (χ1v) is 7.81. The van der Waals surface area contributed by atoms with Crippen LogP contribution in [0.1, 0.15) is 19.3 Å². The fourth-order valence-corrected chi connectivity index (χ4v) is 3.15. The van der Waals surface area contributed by atoms with Gasteiger partial charge in [0.1, 0.15) is 5.82 Å². The zero-order valence-electron chi connectivity index (χ0n) is 12.6. The number of carbonyl (C=O) groups is 1. The molecule has 1 aliphatic carbocycles. The van der Waals surface area contributed by atoms with Crippen molar-refractivity contribution >= 4 is 17.3 Å². The molecule has 1 aromatic carbocycles. The number of hydrogen-bond donors (Lipinski definition) is 2. The monoisotopic (exact) mass is 307 g/mol. The number of halogens is 1. The maximum atomic E-state index is 13.8. The summed E-state index contributed by atoms with van der Waals surface area (Å²) in [6.07, 6.45) is 2.39. The van der Waals surface area contributed by atoms with E-state index in [9.17, 15) is 9.18 Å². The van der Waals surface area contributed by atoms with Gasteiger partial charge in [0.25, 0.3) is 0 Å². The average molecular weight is 307 g/mol. The van der Waals surface area contributed by atoms with Gasteiger partial charge in [0.05, 0.1) is 13.2 Å². The molecule has 2 atom stereocenters. The molecule has 1 amide bonds. The number of ether oxygens (including phenoxy) is 1. The molecule has 1 aromatic rings. The van der Waals surface area contributed by atoms with Crippen LogP contribution in [0.3, 0.4) is 0 Å². The van der Waals surface area contributed by atoms with Crippen molar-refractivity contribution in [1.82, 2.24) is 0 Å². The zero-order chi connectivity index (χ0) is 15.5. The SMILES string of the molecule is NC1CCC(C(=O)Nc2cc(F)cc(N3CCOCC3)c2)C1. The predicted octanol–water partition coefficient (Wildman–Crippen LogP) is 1.73. The third-order valence-electron chi connectivity index (χ3n) is 4.37. The van der Waals surface area contributed by atoms with Crippen LogP contribution in [0.2, 0.25) is 0 Å². The Bertz CT molecular complexity index is 546. The molecule has 1 heterocycles. The van der Waals surface area contributed by atoms with Crippen LogP contribution in [0.15, 0.2) is 18.2 Å². The summed E-state index contributed by atoms with van der Waals surface area (Å²) in [7, 11) is 0. The van der Waals surface area contributed by atoms with Gasteiger partial charge >= 0.3 is 0 Å².